The number of ether oxygens (including phenoxy) is 1. The summed E-state index contributed by atoms with van der Waals surface area (Å²) in [5.41, 5.74) is 0.841. The quantitative estimate of drug-likeness (QED) is 0.839. The molecule has 1 aromatic rings. The van der Waals surface area contributed by atoms with Crippen molar-refractivity contribution >= 4 is 29.0 Å². The van der Waals surface area contributed by atoms with Crippen LogP contribution >= 0.6 is 23.2 Å². The molecule has 1 heterocycles. The molecule has 1 aliphatic heterocycles. The predicted molar refractivity (Wildman–Crippen MR) is 73.3 cm³/mol. The van der Waals surface area contributed by atoms with Crippen LogP contribution in [0, 0.1) is 5.92 Å². The van der Waals surface area contributed by atoms with Crippen molar-refractivity contribution < 1.29 is 9.53 Å². The largest absolute Gasteiger partial charge is 0.377 e. The molecule has 1 aromatic carbocycles. The molecule has 2 nitrogen and oxygen atoms in total. The molecule has 2 rings (SSSR count). The molecule has 0 radical (unpaired) electrons. The summed E-state index contributed by atoms with van der Waals surface area (Å²) in [6.45, 7) is 2.73. The first-order valence-corrected chi connectivity index (χ1v) is 6.95. The highest BCUT2D eigenvalue weighted by molar-refractivity contribution is 6.35. The van der Waals surface area contributed by atoms with Crippen molar-refractivity contribution in [2.75, 3.05) is 6.61 Å². The van der Waals surface area contributed by atoms with Crippen molar-refractivity contribution in [1.29, 1.82) is 0 Å². The van der Waals surface area contributed by atoms with Crippen molar-refractivity contribution in [3.63, 3.8) is 0 Å². The number of hydrogen-bond acceptors (Lipinski definition) is 2. The Morgan fingerprint density at radius 2 is 2.22 bits per heavy atom. The third kappa shape index (κ3) is 3.05. The fraction of sp³-hybridized carbons (Fsp3) is 0.500. The minimum atomic E-state index is 0.0155. The molecular weight excluding hydrogens is 271 g/mol. The van der Waals surface area contributed by atoms with Crippen molar-refractivity contribution in [2.24, 2.45) is 5.92 Å². The third-order valence-corrected chi connectivity index (χ3v) is 3.99. The molecule has 0 spiro atoms. The van der Waals surface area contributed by atoms with Gasteiger partial charge < -0.3 is 4.74 Å². The third-order valence-electron chi connectivity index (χ3n) is 3.41. The first-order chi connectivity index (χ1) is 8.61. The van der Waals surface area contributed by atoms with Gasteiger partial charge in [0.25, 0.3) is 0 Å². The number of carbonyl (C=O) groups is 1. The van der Waals surface area contributed by atoms with Crippen LogP contribution in [-0.4, -0.2) is 18.5 Å². The SMILES string of the molecule is CCC1OCCC1C(=O)Cc1ccc(Cl)cc1Cl. The van der Waals surface area contributed by atoms with Gasteiger partial charge in [0.15, 0.2) is 0 Å². The minimum absolute atomic E-state index is 0.0155. The lowest BCUT2D eigenvalue weighted by Gasteiger charge is -2.15. The van der Waals surface area contributed by atoms with Crippen LogP contribution in [0.25, 0.3) is 0 Å². The maximum atomic E-state index is 12.2. The molecule has 1 aliphatic rings. The van der Waals surface area contributed by atoms with Gasteiger partial charge in [0.1, 0.15) is 5.78 Å². The molecule has 0 aromatic heterocycles. The van der Waals surface area contributed by atoms with Gasteiger partial charge in [-0.2, -0.15) is 0 Å². The van der Waals surface area contributed by atoms with Crippen molar-refractivity contribution in [3.05, 3.63) is 33.8 Å². The Hall–Kier alpha value is -0.570. The number of benzene rings is 1. The molecule has 98 valence electrons. The van der Waals surface area contributed by atoms with Gasteiger partial charge in [0.05, 0.1) is 6.10 Å². The molecule has 0 aliphatic carbocycles. The summed E-state index contributed by atoms with van der Waals surface area (Å²) in [7, 11) is 0. The average molecular weight is 287 g/mol. The Kier molecular flexibility index (Phi) is 4.66. The topological polar surface area (TPSA) is 26.3 Å². The molecule has 2 atom stereocenters. The standard InChI is InChI=1S/C14H16Cl2O2/c1-2-14-11(5-6-18-14)13(17)7-9-3-4-10(15)8-12(9)16/h3-4,8,11,14H,2,5-7H2,1H3. The summed E-state index contributed by atoms with van der Waals surface area (Å²) in [4.78, 5) is 12.2. The summed E-state index contributed by atoms with van der Waals surface area (Å²) < 4.78 is 5.55. The number of rotatable bonds is 4. The first kappa shape index (κ1) is 13.9. The summed E-state index contributed by atoms with van der Waals surface area (Å²) in [5, 5.41) is 1.15. The highest BCUT2D eigenvalue weighted by atomic mass is 35.5. The van der Waals surface area contributed by atoms with Crippen LogP contribution < -0.4 is 0 Å². The Labute approximate surface area is 117 Å². The summed E-state index contributed by atoms with van der Waals surface area (Å²) in [5.74, 6) is 0.227. The van der Waals surface area contributed by atoms with Gasteiger partial charge in [-0.1, -0.05) is 36.2 Å². The molecular formula is C14H16Cl2O2. The molecule has 4 heteroatoms. The van der Waals surface area contributed by atoms with Gasteiger partial charge in [-0.25, -0.2) is 0 Å². The number of Topliss-reactive ketones (excluding diaryl/α,β-unsaturated/α-hetero) is 1. The monoisotopic (exact) mass is 286 g/mol. The molecule has 18 heavy (non-hydrogen) atoms. The minimum Gasteiger partial charge on any atom is -0.377 e. The highest BCUT2D eigenvalue weighted by Gasteiger charge is 2.32. The smallest absolute Gasteiger partial charge is 0.143 e. The first-order valence-electron chi connectivity index (χ1n) is 6.20. The van der Waals surface area contributed by atoms with E-state index in [9.17, 15) is 4.79 Å². The van der Waals surface area contributed by atoms with Crippen LogP contribution in [0.2, 0.25) is 10.0 Å². The second-order valence-corrected chi connectivity index (χ2v) is 5.44. The Morgan fingerprint density at radius 3 is 2.89 bits per heavy atom. The van der Waals surface area contributed by atoms with E-state index in [1.807, 2.05) is 13.0 Å². The lowest BCUT2D eigenvalue weighted by molar-refractivity contribution is -0.123. The second-order valence-electron chi connectivity index (χ2n) is 4.59. The van der Waals surface area contributed by atoms with Crippen molar-refractivity contribution in [1.82, 2.24) is 0 Å². The zero-order valence-electron chi connectivity index (χ0n) is 10.3. The van der Waals surface area contributed by atoms with E-state index in [2.05, 4.69) is 0 Å². The van der Waals surface area contributed by atoms with E-state index in [4.69, 9.17) is 27.9 Å². The lowest BCUT2D eigenvalue weighted by Crippen LogP contribution is -2.25. The van der Waals surface area contributed by atoms with Crippen molar-refractivity contribution in [3.8, 4) is 0 Å². The number of ketones is 1. The zero-order chi connectivity index (χ0) is 13.1. The van der Waals surface area contributed by atoms with E-state index in [0.29, 0.717) is 23.1 Å². The summed E-state index contributed by atoms with van der Waals surface area (Å²) in [6.07, 6.45) is 2.14. The lowest BCUT2D eigenvalue weighted by atomic mass is 9.91. The van der Waals surface area contributed by atoms with Crippen LogP contribution in [-0.2, 0) is 16.0 Å². The second kappa shape index (κ2) is 6.05. The normalized spacial score (nSPS) is 23.3. The summed E-state index contributed by atoms with van der Waals surface area (Å²) in [6, 6.07) is 5.26. The van der Waals surface area contributed by atoms with Crippen LogP contribution in [0.1, 0.15) is 25.3 Å². The molecule has 0 N–H and O–H groups in total. The highest BCUT2D eigenvalue weighted by Crippen LogP contribution is 2.27. The Morgan fingerprint density at radius 1 is 1.44 bits per heavy atom. The molecule has 0 amide bonds. The number of carbonyl (C=O) groups excluding carboxylic acids is 1. The average Bonchev–Trinajstić information content (AvgIpc) is 2.81. The van der Waals surface area contributed by atoms with Gasteiger partial charge in [-0.05, 0) is 30.5 Å². The van der Waals surface area contributed by atoms with E-state index in [1.165, 1.54) is 0 Å². The van der Waals surface area contributed by atoms with Gasteiger partial charge in [0, 0.05) is 29.0 Å². The van der Waals surface area contributed by atoms with Crippen molar-refractivity contribution in [2.45, 2.75) is 32.3 Å². The number of halogens is 2. The van der Waals surface area contributed by atoms with Gasteiger partial charge >= 0.3 is 0 Å². The fourth-order valence-corrected chi connectivity index (χ4v) is 2.88. The van der Waals surface area contributed by atoms with Crippen LogP contribution in [0.5, 0.6) is 0 Å². The van der Waals surface area contributed by atoms with Crippen LogP contribution in [0.15, 0.2) is 18.2 Å². The maximum Gasteiger partial charge on any atom is 0.143 e. The molecule has 0 saturated carbocycles. The van der Waals surface area contributed by atoms with Gasteiger partial charge in [0.2, 0.25) is 0 Å². The van der Waals surface area contributed by atoms with Crippen LogP contribution in [0.3, 0.4) is 0 Å². The van der Waals surface area contributed by atoms with E-state index in [1.54, 1.807) is 12.1 Å². The van der Waals surface area contributed by atoms with E-state index < -0.39 is 0 Å². The van der Waals surface area contributed by atoms with E-state index >= 15 is 0 Å². The Bertz CT molecular complexity index is 445. The van der Waals surface area contributed by atoms with Gasteiger partial charge in [-0.3, -0.25) is 4.79 Å². The molecule has 2 unspecified atom stereocenters. The zero-order valence-corrected chi connectivity index (χ0v) is 11.8. The number of hydrogen-bond donors (Lipinski definition) is 0. The maximum absolute atomic E-state index is 12.2. The van der Waals surface area contributed by atoms with Gasteiger partial charge in [-0.15, -0.1) is 0 Å². The molecule has 1 fully saturated rings. The molecule has 0 bridgehead atoms. The molecule has 1 saturated heterocycles. The fourth-order valence-electron chi connectivity index (χ4n) is 2.40. The van der Waals surface area contributed by atoms with E-state index in [0.717, 1.165) is 18.4 Å². The van der Waals surface area contributed by atoms with Crippen LogP contribution in [0.4, 0.5) is 0 Å². The summed E-state index contributed by atoms with van der Waals surface area (Å²) >= 11 is 11.9. The predicted octanol–water partition coefficient (Wildman–Crippen LogP) is 3.92. The van der Waals surface area contributed by atoms with E-state index in [-0.39, 0.29) is 17.8 Å². The Balaban J connectivity index is 2.07.